The Labute approximate surface area is 62.6 Å². The molecular formula is C5H7N5O. The van der Waals surface area contributed by atoms with Crippen LogP contribution in [0.3, 0.4) is 0 Å². The van der Waals surface area contributed by atoms with Crippen LogP contribution in [-0.4, -0.2) is 35.0 Å². The SMILES string of the molecule is CN1CNC(=O)c2n[nH]nc21. The summed E-state index contributed by atoms with van der Waals surface area (Å²) in [7, 11) is 1.83. The Morgan fingerprint density at radius 3 is 3.09 bits per heavy atom. The van der Waals surface area contributed by atoms with Crippen molar-refractivity contribution in [3.63, 3.8) is 0 Å². The van der Waals surface area contributed by atoms with Crippen molar-refractivity contribution < 1.29 is 4.79 Å². The lowest BCUT2D eigenvalue weighted by Crippen LogP contribution is -2.41. The Morgan fingerprint density at radius 1 is 1.55 bits per heavy atom. The maximum Gasteiger partial charge on any atom is 0.277 e. The maximum atomic E-state index is 11.0. The predicted octanol–water partition coefficient (Wildman–Crippen LogP) is -1.06. The lowest BCUT2D eigenvalue weighted by Gasteiger charge is -2.21. The predicted molar refractivity (Wildman–Crippen MR) is 37.1 cm³/mol. The van der Waals surface area contributed by atoms with Gasteiger partial charge in [0, 0.05) is 7.05 Å². The van der Waals surface area contributed by atoms with Crippen LogP contribution in [-0.2, 0) is 0 Å². The van der Waals surface area contributed by atoms with Crippen LogP contribution in [0.25, 0.3) is 0 Å². The normalized spacial score (nSPS) is 16.1. The number of rotatable bonds is 0. The molecule has 1 amide bonds. The van der Waals surface area contributed by atoms with Gasteiger partial charge in [-0.2, -0.15) is 5.21 Å². The highest BCUT2D eigenvalue weighted by molar-refractivity contribution is 5.98. The molecule has 2 heterocycles. The zero-order chi connectivity index (χ0) is 7.84. The van der Waals surface area contributed by atoms with E-state index in [1.165, 1.54) is 0 Å². The van der Waals surface area contributed by atoms with E-state index in [1.54, 1.807) is 4.90 Å². The summed E-state index contributed by atoms with van der Waals surface area (Å²) >= 11 is 0. The number of H-pyrrole nitrogens is 1. The summed E-state index contributed by atoms with van der Waals surface area (Å²) < 4.78 is 0. The summed E-state index contributed by atoms with van der Waals surface area (Å²) in [5, 5.41) is 12.6. The van der Waals surface area contributed by atoms with E-state index in [0.29, 0.717) is 18.2 Å². The summed E-state index contributed by atoms with van der Waals surface area (Å²) in [5.74, 6) is 0.431. The molecule has 0 spiro atoms. The molecule has 0 fully saturated rings. The van der Waals surface area contributed by atoms with Gasteiger partial charge in [0.2, 0.25) is 0 Å². The second-order valence-electron chi connectivity index (χ2n) is 2.36. The number of fused-ring (bicyclic) bond motifs is 1. The quantitative estimate of drug-likeness (QED) is 0.498. The molecule has 0 unspecified atom stereocenters. The molecule has 0 radical (unpaired) electrons. The van der Waals surface area contributed by atoms with Crippen molar-refractivity contribution in [3.05, 3.63) is 5.69 Å². The monoisotopic (exact) mass is 153 g/mol. The molecule has 1 aliphatic heterocycles. The van der Waals surface area contributed by atoms with Crippen LogP contribution < -0.4 is 10.2 Å². The molecule has 1 aromatic heterocycles. The zero-order valence-corrected chi connectivity index (χ0v) is 5.96. The van der Waals surface area contributed by atoms with Crippen LogP contribution in [0.4, 0.5) is 5.82 Å². The van der Waals surface area contributed by atoms with E-state index in [-0.39, 0.29) is 5.91 Å². The number of amides is 1. The van der Waals surface area contributed by atoms with Crippen molar-refractivity contribution in [1.82, 2.24) is 20.7 Å². The number of hydrogen-bond acceptors (Lipinski definition) is 4. The molecule has 11 heavy (non-hydrogen) atoms. The van der Waals surface area contributed by atoms with Gasteiger partial charge in [-0.15, -0.1) is 10.2 Å². The second kappa shape index (κ2) is 1.94. The number of carbonyl (C=O) groups excluding carboxylic acids is 1. The van der Waals surface area contributed by atoms with Gasteiger partial charge in [-0.3, -0.25) is 4.79 Å². The number of nitrogens with one attached hydrogen (secondary N) is 2. The smallest absolute Gasteiger partial charge is 0.277 e. The fraction of sp³-hybridized carbons (Fsp3) is 0.400. The first-order chi connectivity index (χ1) is 5.29. The summed E-state index contributed by atoms with van der Waals surface area (Å²) in [5.41, 5.74) is 0.360. The van der Waals surface area contributed by atoms with Crippen LogP contribution >= 0.6 is 0 Å². The maximum absolute atomic E-state index is 11.0. The number of anilines is 1. The fourth-order valence-electron chi connectivity index (χ4n) is 0.993. The molecule has 0 aromatic carbocycles. The van der Waals surface area contributed by atoms with E-state index >= 15 is 0 Å². The molecular weight excluding hydrogens is 146 g/mol. The van der Waals surface area contributed by atoms with Crippen LogP contribution in [0.2, 0.25) is 0 Å². The molecule has 1 aromatic rings. The third kappa shape index (κ3) is 0.754. The lowest BCUT2D eigenvalue weighted by atomic mass is 10.3. The van der Waals surface area contributed by atoms with Gasteiger partial charge < -0.3 is 10.2 Å². The second-order valence-corrected chi connectivity index (χ2v) is 2.36. The van der Waals surface area contributed by atoms with Crippen LogP contribution in [0.1, 0.15) is 10.5 Å². The average molecular weight is 153 g/mol. The number of hydrogen-bond donors (Lipinski definition) is 2. The first-order valence-electron chi connectivity index (χ1n) is 3.19. The van der Waals surface area contributed by atoms with E-state index in [0.717, 1.165) is 0 Å². The van der Waals surface area contributed by atoms with E-state index in [1.807, 2.05) is 7.05 Å². The van der Waals surface area contributed by atoms with Crippen molar-refractivity contribution in [2.24, 2.45) is 0 Å². The Hall–Kier alpha value is -1.59. The number of nitrogens with zero attached hydrogens (tertiary/aromatic N) is 3. The average Bonchev–Trinajstić information content (AvgIpc) is 2.45. The molecule has 6 heteroatoms. The Bertz CT molecular complexity index is 293. The molecule has 2 rings (SSSR count). The van der Waals surface area contributed by atoms with Crippen LogP contribution in [0, 0.1) is 0 Å². The Kier molecular flexibility index (Phi) is 1.09. The van der Waals surface area contributed by atoms with Gasteiger partial charge in [0.05, 0.1) is 6.67 Å². The largest absolute Gasteiger partial charge is 0.339 e. The molecule has 0 saturated heterocycles. The summed E-state index contributed by atoms with van der Waals surface area (Å²) in [6, 6.07) is 0. The Balaban J connectivity index is 2.51. The molecule has 58 valence electrons. The highest BCUT2D eigenvalue weighted by Gasteiger charge is 2.23. The minimum atomic E-state index is -0.174. The van der Waals surface area contributed by atoms with Crippen LogP contribution in [0.15, 0.2) is 0 Å². The van der Waals surface area contributed by atoms with Gasteiger partial charge in [-0.1, -0.05) is 0 Å². The topological polar surface area (TPSA) is 73.9 Å². The molecule has 0 aliphatic carbocycles. The number of aromatic amines is 1. The highest BCUT2D eigenvalue weighted by Crippen LogP contribution is 2.14. The number of carbonyl (C=O) groups is 1. The van der Waals surface area contributed by atoms with Crippen molar-refractivity contribution in [2.75, 3.05) is 18.6 Å². The third-order valence-corrected chi connectivity index (χ3v) is 1.58. The lowest BCUT2D eigenvalue weighted by molar-refractivity contribution is 0.0943. The van der Waals surface area contributed by atoms with Gasteiger partial charge in [-0.05, 0) is 0 Å². The van der Waals surface area contributed by atoms with Gasteiger partial charge >= 0.3 is 0 Å². The van der Waals surface area contributed by atoms with E-state index < -0.39 is 0 Å². The standard InChI is InChI=1S/C5H7N5O/c1-10-2-6-5(11)3-4(10)8-9-7-3/h2H2,1H3,(H,6,11)(H,7,8,9). The van der Waals surface area contributed by atoms with Crippen molar-refractivity contribution >= 4 is 11.7 Å². The molecule has 0 bridgehead atoms. The van der Waals surface area contributed by atoms with E-state index in [2.05, 4.69) is 20.7 Å². The summed E-state index contributed by atoms with van der Waals surface area (Å²) in [6.07, 6.45) is 0. The summed E-state index contributed by atoms with van der Waals surface area (Å²) in [6.45, 7) is 0.484. The molecule has 0 saturated carbocycles. The van der Waals surface area contributed by atoms with Gasteiger partial charge in [0.15, 0.2) is 11.5 Å². The van der Waals surface area contributed by atoms with Crippen molar-refractivity contribution in [2.45, 2.75) is 0 Å². The van der Waals surface area contributed by atoms with E-state index in [4.69, 9.17) is 0 Å². The van der Waals surface area contributed by atoms with Gasteiger partial charge in [0.1, 0.15) is 0 Å². The molecule has 2 N–H and O–H groups in total. The summed E-state index contributed by atoms with van der Waals surface area (Å²) in [4.78, 5) is 12.8. The first-order valence-corrected chi connectivity index (χ1v) is 3.19. The third-order valence-electron chi connectivity index (χ3n) is 1.58. The van der Waals surface area contributed by atoms with Crippen LogP contribution in [0.5, 0.6) is 0 Å². The van der Waals surface area contributed by atoms with Gasteiger partial charge in [-0.25, -0.2) is 0 Å². The zero-order valence-electron chi connectivity index (χ0n) is 5.96. The van der Waals surface area contributed by atoms with Crippen molar-refractivity contribution in [3.8, 4) is 0 Å². The minimum absolute atomic E-state index is 0.174. The first kappa shape index (κ1) is 6.14. The minimum Gasteiger partial charge on any atom is -0.339 e. The molecule has 1 aliphatic rings. The van der Waals surface area contributed by atoms with Gasteiger partial charge in [0.25, 0.3) is 5.91 Å². The Morgan fingerprint density at radius 2 is 2.36 bits per heavy atom. The fourth-order valence-corrected chi connectivity index (χ4v) is 0.993. The molecule has 0 atom stereocenters. The molecule has 6 nitrogen and oxygen atoms in total. The van der Waals surface area contributed by atoms with E-state index in [9.17, 15) is 4.79 Å². The van der Waals surface area contributed by atoms with Crippen molar-refractivity contribution in [1.29, 1.82) is 0 Å². The number of aromatic nitrogens is 3. The highest BCUT2D eigenvalue weighted by atomic mass is 16.2.